The van der Waals surface area contributed by atoms with E-state index in [0.29, 0.717) is 5.92 Å². The van der Waals surface area contributed by atoms with E-state index in [-0.39, 0.29) is 38.8 Å². The summed E-state index contributed by atoms with van der Waals surface area (Å²) in [5, 5.41) is 0. The van der Waals surface area contributed by atoms with Gasteiger partial charge >= 0.3 is 0 Å². The molecule has 1 aliphatic heterocycles. The lowest BCUT2D eigenvalue weighted by Crippen LogP contribution is -2.81. The Labute approximate surface area is 151 Å². The van der Waals surface area contributed by atoms with E-state index in [0.717, 1.165) is 0 Å². The summed E-state index contributed by atoms with van der Waals surface area (Å²) in [6.07, 6.45) is 2.58. The van der Waals surface area contributed by atoms with Crippen molar-refractivity contribution >= 4 is 0 Å². The van der Waals surface area contributed by atoms with Crippen molar-refractivity contribution in [2.24, 2.45) is 33.0 Å². The summed E-state index contributed by atoms with van der Waals surface area (Å²) in [6.45, 7) is 28.5. The highest BCUT2D eigenvalue weighted by atomic mass is 17.3. The molecule has 24 heavy (non-hydrogen) atoms. The van der Waals surface area contributed by atoms with Crippen LogP contribution in [0.25, 0.3) is 0 Å². The number of hydrogen-bond donors (Lipinski definition) is 0. The van der Waals surface area contributed by atoms with E-state index in [1.807, 2.05) is 0 Å². The Morgan fingerprint density at radius 3 is 1.42 bits per heavy atom. The molecule has 1 saturated heterocycles. The molecule has 2 aliphatic rings. The van der Waals surface area contributed by atoms with Gasteiger partial charge in [-0.25, -0.2) is 9.78 Å². The Balaban J connectivity index is 2.75. The molecule has 0 aromatic heterocycles. The molecule has 1 saturated carbocycles. The molecule has 0 spiro atoms. The molecule has 0 aromatic rings. The van der Waals surface area contributed by atoms with Crippen LogP contribution >= 0.6 is 0 Å². The maximum atomic E-state index is 6.28. The van der Waals surface area contributed by atoms with Crippen LogP contribution in [0.1, 0.15) is 95.9 Å². The van der Waals surface area contributed by atoms with Crippen LogP contribution in [0.5, 0.6) is 0 Å². The Bertz CT molecular complexity index is 464. The maximum absolute atomic E-state index is 6.28. The van der Waals surface area contributed by atoms with Crippen molar-refractivity contribution in [2.75, 3.05) is 0 Å². The zero-order valence-electron chi connectivity index (χ0n) is 18.4. The summed E-state index contributed by atoms with van der Waals surface area (Å²) >= 11 is 0. The van der Waals surface area contributed by atoms with Crippen molar-refractivity contribution in [3.05, 3.63) is 0 Å². The molecule has 0 amide bonds. The van der Waals surface area contributed by atoms with Crippen LogP contribution in [0, 0.1) is 33.0 Å². The van der Waals surface area contributed by atoms with Crippen molar-refractivity contribution < 1.29 is 9.78 Å². The van der Waals surface area contributed by atoms with Gasteiger partial charge in [-0.1, -0.05) is 83.1 Å². The molecular weight excluding hydrogens is 296 g/mol. The Hall–Kier alpha value is -0.0800. The van der Waals surface area contributed by atoms with Crippen LogP contribution in [0.2, 0.25) is 0 Å². The number of hydrogen-bond acceptors (Lipinski definition) is 2. The largest absolute Gasteiger partial charge is 0.229 e. The van der Waals surface area contributed by atoms with Crippen LogP contribution in [0.3, 0.4) is 0 Å². The summed E-state index contributed by atoms with van der Waals surface area (Å²) < 4.78 is 0. The lowest BCUT2D eigenvalue weighted by atomic mass is 9.36. The van der Waals surface area contributed by atoms with Gasteiger partial charge in [-0.15, -0.1) is 0 Å². The molecule has 1 aliphatic carbocycles. The summed E-state index contributed by atoms with van der Waals surface area (Å²) in [5.74, 6) is 0.531. The van der Waals surface area contributed by atoms with E-state index in [1.54, 1.807) is 0 Å². The number of fused-ring (bicyclic) bond motifs is 1. The van der Waals surface area contributed by atoms with Gasteiger partial charge in [-0.3, -0.25) is 0 Å². The van der Waals surface area contributed by atoms with E-state index < -0.39 is 0 Å². The van der Waals surface area contributed by atoms with Crippen LogP contribution < -0.4 is 0 Å². The van der Waals surface area contributed by atoms with Gasteiger partial charge < -0.3 is 0 Å². The molecule has 0 N–H and O–H groups in total. The van der Waals surface area contributed by atoms with E-state index in [4.69, 9.17) is 9.78 Å². The molecule has 0 bridgehead atoms. The fourth-order valence-electron chi connectivity index (χ4n) is 6.64. The van der Waals surface area contributed by atoms with Crippen LogP contribution in [-0.2, 0) is 9.78 Å². The molecule has 2 nitrogen and oxygen atoms in total. The van der Waals surface area contributed by atoms with Gasteiger partial charge in [0.2, 0.25) is 0 Å². The smallest absolute Gasteiger partial charge is 0.144 e. The van der Waals surface area contributed by atoms with E-state index in [2.05, 4.69) is 83.1 Å². The first-order valence-electron chi connectivity index (χ1n) is 9.78. The van der Waals surface area contributed by atoms with Crippen molar-refractivity contribution in [1.29, 1.82) is 0 Å². The summed E-state index contributed by atoms with van der Waals surface area (Å²) in [5.41, 5.74) is 0.294. The first kappa shape index (κ1) is 20.2. The molecule has 2 heteroatoms. The molecule has 2 rings (SSSR count). The van der Waals surface area contributed by atoms with Gasteiger partial charge in [0.05, 0.1) is 0 Å². The fourth-order valence-corrected chi connectivity index (χ4v) is 6.64. The highest BCUT2D eigenvalue weighted by Crippen LogP contribution is 2.74. The fraction of sp³-hybridized carbons (Fsp3) is 1.00. The Morgan fingerprint density at radius 1 is 0.708 bits per heavy atom. The van der Waals surface area contributed by atoms with Crippen LogP contribution in [0.4, 0.5) is 0 Å². The standard InChI is InChI=1S/C22H42O2/c1-17(2,3)15-13-14-21(18(4,5)6,19(7,8)9)22(20(10,11)12)16(15)23-24-22/h15-16H,13-14H2,1-12H3. The van der Waals surface area contributed by atoms with Crippen molar-refractivity contribution in [3.63, 3.8) is 0 Å². The monoisotopic (exact) mass is 338 g/mol. The molecular formula is C22H42O2. The summed E-state index contributed by atoms with van der Waals surface area (Å²) in [7, 11) is 0. The first-order chi connectivity index (χ1) is 10.4. The lowest BCUT2D eigenvalue weighted by Gasteiger charge is -2.75. The normalized spacial score (nSPS) is 34.5. The van der Waals surface area contributed by atoms with Crippen molar-refractivity contribution in [3.8, 4) is 0 Å². The third-order valence-electron chi connectivity index (χ3n) is 7.30. The van der Waals surface area contributed by atoms with Crippen molar-refractivity contribution in [2.45, 2.75) is 108 Å². The highest BCUT2D eigenvalue weighted by molar-refractivity contribution is 5.23. The zero-order chi connectivity index (χ0) is 19.0. The molecule has 0 aromatic carbocycles. The minimum absolute atomic E-state index is 0.0143. The van der Waals surface area contributed by atoms with Gasteiger partial charge in [-0.05, 0) is 40.4 Å². The molecule has 0 radical (unpaired) electrons. The third kappa shape index (κ3) is 2.35. The van der Waals surface area contributed by atoms with E-state index >= 15 is 0 Å². The quantitative estimate of drug-likeness (QED) is 0.461. The second-order valence-electron chi connectivity index (χ2n) is 12.5. The van der Waals surface area contributed by atoms with Gasteiger partial charge in [0.25, 0.3) is 0 Å². The van der Waals surface area contributed by atoms with Crippen LogP contribution in [-0.4, -0.2) is 11.7 Å². The van der Waals surface area contributed by atoms with E-state index in [9.17, 15) is 0 Å². The molecule has 3 unspecified atom stereocenters. The first-order valence-corrected chi connectivity index (χ1v) is 9.78. The average Bonchev–Trinajstić information content (AvgIpc) is 2.22. The highest BCUT2D eigenvalue weighted by Gasteiger charge is 2.79. The minimum Gasteiger partial charge on any atom is -0.229 e. The van der Waals surface area contributed by atoms with Crippen LogP contribution in [0.15, 0.2) is 0 Å². The van der Waals surface area contributed by atoms with E-state index in [1.165, 1.54) is 12.8 Å². The number of rotatable bonds is 0. The Morgan fingerprint density at radius 2 is 1.17 bits per heavy atom. The lowest BCUT2D eigenvalue weighted by molar-refractivity contribution is -0.587. The summed E-state index contributed by atoms with van der Waals surface area (Å²) in [6, 6.07) is 0. The zero-order valence-corrected chi connectivity index (χ0v) is 18.4. The average molecular weight is 339 g/mol. The van der Waals surface area contributed by atoms with Gasteiger partial charge in [0.15, 0.2) is 0 Å². The SMILES string of the molecule is CC(C)(C)C1CCC(C(C)(C)C)(C(C)(C)C)C2(C(C)(C)C)OOC12. The minimum atomic E-state index is -0.257. The molecule has 1 heterocycles. The van der Waals surface area contributed by atoms with Gasteiger partial charge in [0.1, 0.15) is 11.7 Å². The molecule has 3 atom stereocenters. The summed E-state index contributed by atoms with van der Waals surface area (Å²) in [4.78, 5) is 12.2. The molecule has 142 valence electrons. The second-order valence-corrected chi connectivity index (χ2v) is 12.5. The van der Waals surface area contributed by atoms with Crippen molar-refractivity contribution in [1.82, 2.24) is 0 Å². The van der Waals surface area contributed by atoms with Gasteiger partial charge in [-0.2, -0.15) is 0 Å². The maximum Gasteiger partial charge on any atom is 0.144 e. The predicted octanol–water partition coefficient (Wildman–Crippen LogP) is 6.64. The third-order valence-corrected chi connectivity index (χ3v) is 7.30. The topological polar surface area (TPSA) is 18.5 Å². The second kappa shape index (κ2) is 5.22. The predicted molar refractivity (Wildman–Crippen MR) is 102 cm³/mol. The van der Waals surface area contributed by atoms with Gasteiger partial charge in [0, 0.05) is 5.41 Å². The Kier molecular flexibility index (Phi) is 4.40. The molecule has 2 fully saturated rings.